The fraction of sp³-hybridized carbons (Fsp3) is 0.167. The summed E-state index contributed by atoms with van der Waals surface area (Å²) >= 11 is 0. The molecule has 0 aliphatic rings. The second kappa shape index (κ2) is 5.22. The number of sulfonamides is 1. The molecule has 0 aliphatic carbocycles. The van der Waals surface area contributed by atoms with E-state index in [1.165, 1.54) is 28.0 Å². The third-order valence-electron chi connectivity index (χ3n) is 3.19. The van der Waals surface area contributed by atoms with Crippen LogP contribution in [0.3, 0.4) is 0 Å². The van der Waals surface area contributed by atoms with E-state index < -0.39 is 10.0 Å². The summed E-state index contributed by atoms with van der Waals surface area (Å²) < 4.78 is 30.5. The lowest BCUT2D eigenvalue weighted by atomic mass is 10.3. The van der Waals surface area contributed by atoms with Crippen molar-refractivity contribution in [3.05, 3.63) is 42.7 Å². The Bertz CT molecular complexity index is 899. The minimum Gasteiger partial charge on any atom is -0.276 e. The molecule has 3 heterocycles. The van der Waals surface area contributed by atoms with Crippen LogP contribution in [0.25, 0.3) is 5.69 Å². The SMILES string of the molecule is Cc1c(S(=O)(=O)Nc2cnccc2-n2ccnn2)cnn1C. The van der Waals surface area contributed by atoms with E-state index in [9.17, 15) is 8.42 Å². The number of aromatic nitrogens is 6. The van der Waals surface area contributed by atoms with Crippen LogP contribution in [-0.2, 0) is 17.1 Å². The second-order valence-electron chi connectivity index (χ2n) is 4.56. The van der Waals surface area contributed by atoms with Gasteiger partial charge in [0.05, 0.1) is 41.9 Å². The number of hydrogen-bond donors (Lipinski definition) is 1. The van der Waals surface area contributed by atoms with Crippen LogP contribution in [0.2, 0.25) is 0 Å². The van der Waals surface area contributed by atoms with E-state index in [1.807, 2.05) is 0 Å². The summed E-state index contributed by atoms with van der Waals surface area (Å²) in [5, 5.41) is 11.5. The largest absolute Gasteiger partial charge is 0.276 e. The average molecular weight is 319 g/mol. The number of anilines is 1. The molecular formula is C12H13N7O2S. The van der Waals surface area contributed by atoms with Crippen LogP contribution in [0.1, 0.15) is 5.69 Å². The molecule has 0 unspecified atom stereocenters. The lowest BCUT2D eigenvalue weighted by molar-refractivity contribution is 0.600. The quantitative estimate of drug-likeness (QED) is 0.750. The number of pyridine rings is 1. The maximum absolute atomic E-state index is 12.5. The maximum Gasteiger partial charge on any atom is 0.265 e. The van der Waals surface area contributed by atoms with Crippen molar-refractivity contribution in [1.29, 1.82) is 0 Å². The van der Waals surface area contributed by atoms with E-state index in [0.29, 0.717) is 17.1 Å². The molecule has 0 saturated heterocycles. The molecule has 10 heteroatoms. The van der Waals surface area contributed by atoms with Gasteiger partial charge in [-0.15, -0.1) is 5.10 Å². The Morgan fingerprint density at radius 1 is 1.23 bits per heavy atom. The molecule has 22 heavy (non-hydrogen) atoms. The molecule has 0 spiro atoms. The molecule has 0 aliphatic heterocycles. The molecule has 1 N–H and O–H groups in total. The zero-order valence-electron chi connectivity index (χ0n) is 11.9. The number of aryl methyl sites for hydroxylation is 1. The Kier molecular flexibility index (Phi) is 3.37. The van der Waals surface area contributed by atoms with Crippen molar-refractivity contribution in [3.63, 3.8) is 0 Å². The molecule has 3 rings (SSSR count). The Morgan fingerprint density at radius 2 is 2.05 bits per heavy atom. The summed E-state index contributed by atoms with van der Waals surface area (Å²) in [4.78, 5) is 4.07. The van der Waals surface area contributed by atoms with E-state index >= 15 is 0 Å². The van der Waals surface area contributed by atoms with Gasteiger partial charge in [0.2, 0.25) is 0 Å². The minimum absolute atomic E-state index is 0.114. The molecule has 3 aromatic rings. The summed E-state index contributed by atoms with van der Waals surface area (Å²) in [5.41, 5.74) is 1.37. The fourth-order valence-electron chi connectivity index (χ4n) is 1.94. The molecule has 0 aromatic carbocycles. The van der Waals surface area contributed by atoms with Gasteiger partial charge >= 0.3 is 0 Å². The van der Waals surface area contributed by atoms with Gasteiger partial charge in [0.1, 0.15) is 4.90 Å². The zero-order valence-corrected chi connectivity index (χ0v) is 12.7. The molecule has 3 aromatic heterocycles. The number of nitrogens with zero attached hydrogens (tertiary/aromatic N) is 6. The van der Waals surface area contributed by atoms with Gasteiger partial charge in [0.15, 0.2) is 0 Å². The summed E-state index contributed by atoms with van der Waals surface area (Å²) in [6.07, 6.45) is 7.39. The molecule has 0 saturated carbocycles. The highest BCUT2D eigenvalue weighted by Crippen LogP contribution is 2.22. The normalized spacial score (nSPS) is 11.5. The number of rotatable bonds is 4. The van der Waals surface area contributed by atoms with Crippen molar-refractivity contribution in [2.24, 2.45) is 7.05 Å². The van der Waals surface area contributed by atoms with Crippen molar-refractivity contribution < 1.29 is 8.42 Å². The highest BCUT2D eigenvalue weighted by molar-refractivity contribution is 7.92. The van der Waals surface area contributed by atoms with Crippen molar-refractivity contribution in [2.75, 3.05) is 4.72 Å². The predicted molar refractivity (Wildman–Crippen MR) is 77.9 cm³/mol. The van der Waals surface area contributed by atoms with Gasteiger partial charge < -0.3 is 0 Å². The van der Waals surface area contributed by atoms with E-state index in [-0.39, 0.29) is 4.90 Å². The summed E-state index contributed by atoms with van der Waals surface area (Å²) in [6.45, 7) is 1.68. The van der Waals surface area contributed by atoms with Gasteiger partial charge in [-0.05, 0) is 13.0 Å². The fourth-order valence-corrected chi connectivity index (χ4v) is 3.21. The summed E-state index contributed by atoms with van der Waals surface area (Å²) in [6, 6.07) is 1.64. The molecule has 0 bridgehead atoms. The first-order valence-corrected chi connectivity index (χ1v) is 7.79. The smallest absolute Gasteiger partial charge is 0.265 e. The third-order valence-corrected chi connectivity index (χ3v) is 4.66. The first-order valence-electron chi connectivity index (χ1n) is 6.31. The van der Waals surface area contributed by atoms with E-state index in [2.05, 4.69) is 25.1 Å². The Morgan fingerprint density at radius 3 is 2.68 bits per heavy atom. The van der Waals surface area contributed by atoms with Gasteiger partial charge in [-0.2, -0.15) is 5.10 Å². The molecular weight excluding hydrogens is 306 g/mol. The highest BCUT2D eigenvalue weighted by atomic mass is 32.2. The highest BCUT2D eigenvalue weighted by Gasteiger charge is 2.21. The first-order chi connectivity index (χ1) is 10.5. The van der Waals surface area contributed by atoms with Crippen LogP contribution in [-0.4, -0.2) is 38.2 Å². The van der Waals surface area contributed by atoms with Crippen molar-refractivity contribution >= 4 is 15.7 Å². The van der Waals surface area contributed by atoms with Crippen molar-refractivity contribution in [1.82, 2.24) is 29.8 Å². The molecule has 0 amide bonds. The van der Waals surface area contributed by atoms with Gasteiger partial charge in [-0.25, -0.2) is 13.1 Å². The van der Waals surface area contributed by atoms with E-state index in [4.69, 9.17) is 0 Å². The van der Waals surface area contributed by atoms with Crippen molar-refractivity contribution in [3.8, 4) is 5.69 Å². The monoisotopic (exact) mass is 319 g/mol. The Labute approximate surface area is 126 Å². The Balaban J connectivity index is 2.02. The van der Waals surface area contributed by atoms with E-state index in [0.717, 1.165) is 0 Å². The van der Waals surface area contributed by atoms with Gasteiger partial charge in [-0.3, -0.25) is 14.4 Å². The van der Waals surface area contributed by atoms with Crippen LogP contribution in [0.15, 0.2) is 41.9 Å². The van der Waals surface area contributed by atoms with Crippen LogP contribution in [0.4, 0.5) is 5.69 Å². The van der Waals surface area contributed by atoms with Gasteiger partial charge in [0.25, 0.3) is 10.0 Å². The summed E-state index contributed by atoms with van der Waals surface area (Å²) in [5.74, 6) is 0. The summed E-state index contributed by atoms with van der Waals surface area (Å²) in [7, 11) is -2.09. The van der Waals surface area contributed by atoms with E-state index in [1.54, 1.807) is 32.4 Å². The zero-order chi connectivity index (χ0) is 15.7. The van der Waals surface area contributed by atoms with Crippen LogP contribution in [0.5, 0.6) is 0 Å². The molecule has 0 radical (unpaired) electrons. The standard InChI is InChI=1S/C12H13N7O2S/c1-9-12(8-15-18(9)2)22(20,21)16-10-7-13-4-3-11(10)19-6-5-14-17-19/h3-8,16H,1-2H3. The molecule has 9 nitrogen and oxygen atoms in total. The predicted octanol–water partition coefficient (Wildman–Crippen LogP) is 0.505. The van der Waals surface area contributed by atoms with Gasteiger partial charge in [-0.1, -0.05) is 5.21 Å². The topological polar surface area (TPSA) is 108 Å². The van der Waals surface area contributed by atoms with Crippen LogP contribution >= 0.6 is 0 Å². The lowest BCUT2D eigenvalue weighted by Gasteiger charge is -2.11. The third kappa shape index (κ3) is 2.44. The lowest BCUT2D eigenvalue weighted by Crippen LogP contribution is -2.16. The van der Waals surface area contributed by atoms with Gasteiger partial charge in [0, 0.05) is 13.2 Å². The second-order valence-corrected chi connectivity index (χ2v) is 6.21. The van der Waals surface area contributed by atoms with Crippen LogP contribution < -0.4 is 4.72 Å². The molecule has 0 atom stereocenters. The first kappa shape index (κ1) is 14.2. The number of hydrogen-bond acceptors (Lipinski definition) is 6. The minimum atomic E-state index is -3.77. The molecule has 0 fully saturated rings. The maximum atomic E-state index is 12.5. The van der Waals surface area contributed by atoms with Crippen molar-refractivity contribution in [2.45, 2.75) is 11.8 Å². The Hall–Kier alpha value is -2.75. The molecule has 114 valence electrons. The average Bonchev–Trinajstić information content (AvgIpc) is 3.11. The number of nitrogens with one attached hydrogen (secondary N) is 1. The van der Waals surface area contributed by atoms with Crippen LogP contribution in [0, 0.1) is 6.92 Å².